The second-order valence-electron chi connectivity index (χ2n) is 11.1. The van der Waals surface area contributed by atoms with Gasteiger partial charge in [-0.1, -0.05) is 0 Å². The number of aromatic nitrogens is 4. The van der Waals surface area contributed by atoms with Crippen molar-refractivity contribution in [2.75, 3.05) is 20.2 Å². The van der Waals surface area contributed by atoms with Crippen LogP contribution < -0.4 is 4.74 Å². The highest BCUT2D eigenvalue weighted by Gasteiger charge is 2.37. The zero-order chi connectivity index (χ0) is 28.1. The predicted octanol–water partition coefficient (Wildman–Crippen LogP) is 5.00. The minimum Gasteiger partial charge on any atom is -0.481 e. The van der Waals surface area contributed by atoms with Crippen molar-refractivity contribution in [1.82, 2.24) is 28.9 Å². The summed E-state index contributed by atoms with van der Waals surface area (Å²) in [6.45, 7) is 9.48. The maximum Gasteiger partial charge on any atom is 0.408 e. The Morgan fingerprint density at radius 3 is 2.62 bits per heavy atom. The van der Waals surface area contributed by atoms with Gasteiger partial charge in [-0.05, 0) is 64.8 Å². The Morgan fingerprint density at radius 2 is 1.95 bits per heavy atom. The molecule has 206 valence electrons. The van der Waals surface area contributed by atoms with Gasteiger partial charge in [0.25, 0.3) is 5.91 Å². The number of fused-ring (bicyclic) bond motifs is 2. The molecule has 0 bridgehead atoms. The third-order valence-corrected chi connectivity index (χ3v) is 7.62. The Labute approximate surface area is 227 Å². The van der Waals surface area contributed by atoms with Gasteiger partial charge in [0.1, 0.15) is 0 Å². The Morgan fingerprint density at radius 1 is 1.18 bits per heavy atom. The van der Waals surface area contributed by atoms with E-state index in [9.17, 15) is 14.7 Å². The summed E-state index contributed by atoms with van der Waals surface area (Å²) in [7, 11) is 3.58. The van der Waals surface area contributed by atoms with Gasteiger partial charge in [0.05, 0.1) is 41.6 Å². The first-order chi connectivity index (χ1) is 18.5. The second kappa shape index (κ2) is 9.91. The molecule has 4 aromatic rings. The van der Waals surface area contributed by atoms with Crippen LogP contribution in [-0.4, -0.2) is 77.8 Å². The second-order valence-corrected chi connectivity index (χ2v) is 11.1. The molecule has 0 unspecified atom stereocenters. The molecule has 10 heteroatoms. The Hall–Kier alpha value is -4.08. The number of benzene rings is 1. The van der Waals surface area contributed by atoms with Crippen molar-refractivity contribution in [1.29, 1.82) is 0 Å². The highest BCUT2D eigenvalue weighted by atomic mass is 16.5. The third-order valence-electron chi connectivity index (χ3n) is 7.62. The summed E-state index contributed by atoms with van der Waals surface area (Å²) in [5, 5.41) is 10.9. The number of hydrogen-bond acceptors (Lipinski definition) is 5. The molecular formula is C29H36N6O4. The van der Waals surface area contributed by atoms with Gasteiger partial charge in [-0.3, -0.25) is 9.69 Å². The van der Waals surface area contributed by atoms with Crippen molar-refractivity contribution in [3.05, 3.63) is 42.1 Å². The van der Waals surface area contributed by atoms with E-state index in [1.807, 2.05) is 62.8 Å². The van der Waals surface area contributed by atoms with Gasteiger partial charge in [-0.15, -0.1) is 0 Å². The minimum atomic E-state index is -0.956. The summed E-state index contributed by atoms with van der Waals surface area (Å²) in [5.74, 6) is 1.25. The van der Waals surface area contributed by atoms with Crippen molar-refractivity contribution < 1.29 is 19.4 Å². The number of likely N-dealkylation sites (tertiary alicyclic amines) is 1. The molecule has 4 heterocycles. The molecule has 1 aliphatic heterocycles. The number of methoxy groups -OCH3 is 1. The van der Waals surface area contributed by atoms with Crippen LogP contribution in [0.15, 0.2) is 36.5 Å². The maximum atomic E-state index is 13.6. The zero-order valence-corrected chi connectivity index (χ0v) is 23.4. The molecule has 0 spiro atoms. The normalized spacial score (nSPS) is 16.2. The molecule has 0 aliphatic carbocycles. The van der Waals surface area contributed by atoms with E-state index in [0.29, 0.717) is 24.5 Å². The number of ether oxygens (including phenoxy) is 1. The van der Waals surface area contributed by atoms with Crippen LogP contribution in [0.2, 0.25) is 0 Å². The number of carbonyl (C=O) groups excluding carboxylic acids is 1. The first kappa shape index (κ1) is 26.5. The lowest BCUT2D eigenvalue weighted by Gasteiger charge is -2.44. The summed E-state index contributed by atoms with van der Waals surface area (Å²) in [6, 6.07) is 9.38. The van der Waals surface area contributed by atoms with Crippen molar-refractivity contribution in [3.8, 4) is 17.4 Å². The van der Waals surface area contributed by atoms with Gasteiger partial charge >= 0.3 is 6.09 Å². The lowest BCUT2D eigenvalue weighted by Crippen LogP contribution is -2.57. The smallest absolute Gasteiger partial charge is 0.408 e. The van der Waals surface area contributed by atoms with Gasteiger partial charge in [0.2, 0.25) is 5.88 Å². The SMILES string of the molecule is CCn1c(-c2nc3cc(C(=O)N4CCC[C@@H](N(C(=O)O)C(C)(C)C)C4)ccc3n2C)cc2cc(OC)ncc21. The quantitative estimate of drug-likeness (QED) is 0.388. The number of piperidine rings is 1. The lowest BCUT2D eigenvalue weighted by atomic mass is 9.97. The van der Waals surface area contributed by atoms with Crippen molar-refractivity contribution in [3.63, 3.8) is 0 Å². The molecule has 0 radical (unpaired) electrons. The van der Waals surface area contributed by atoms with E-state index in [2.05, 4.69) is 22.5 Å². The molecular weight excluding hydrogens is 496 g/mol. The molecule has 1 atom stereocenters. The zero-order valence-electron chi connectivity index (χ0n) is 23.4. The van der Waals surface area contributed by atoms with E-state index in [4.69, 9.17) is 9.72 Å². The molecule has 3 aromatic heterocycles. The van der Waals surface area contributed by atoms with E-state index in [1.165, 1.54) is 4.90 Å². The number of carboxylic acid groups (broad SMARTS) is 1. The number of nitrogens with zero attached hydrogens (tertiary/aromatic N) is 6. The van der Waals surface area contributed by atoms with Crippen molar-refractivity contribution in [2.45, 2.75) is 58.7 Å². The van der Waals surface area contributed by atoms with E-state index >= 15 is 0 Å². The third kappa shape index (κ3) is 4.68. The van der Waals surface area contributed by atoms with Gasteiger partial charge in [0.15, 0.2) is 5.82 Å². The fourth-order valence-corrected chi connectivity index (χ4v) is 5.86. The fraction of sp³-hybridized carbons (Fsp3) is 0.448. The van der Waals surface area contributed by atoms with Gasteiger partial charge in [0, 0.05) is 49.2 Å². The molecule has 5 rings (SSSR count). The topological polar surface area (TPSA) is 106 Å². The molecule has 1 fully saturated rings. The van der Waals surface area contributed by atoms with Gasteiger partial charge < -0.3 is 23.9 Å². The molecule has 1 aliphatic rings. The predicted molar refractivity (Wildman–Crippen MR) is 150 cm³/mol. The van der Waals surface area contributed by atoms with Crippen LogP contribution in [0.1, 0.15) is 50.9 Å². The summed E-state index contributed by atoms with van der Waals surface area (Å²) in [6.07, 6.45) is 2.36. The molecule has 1 N–H and O–H groups in total. The van der Waals surface area contributed by atoms with Crippen LogP contribution in [0.3, 0.4) is 0 Å². The number of hydrogen-bond donors (Lipinski definition) is 1. The standard InChI is InChI=1S/C29H36N6O4/c1-7-34-23(14-19-15-25(39-6)30-16-24(19)34)26-31-21-13-18(10-11-22(21)32(26)5)27(36)33-12-8-9-20(17-33)35(28(37)38)29(2,3)4/h10-11,13-16,20H,7-9,12,17H2,1-6H3,(H,37,38)/t20-/m1/s1. The molecule has 1 aromatic carbocycles. The monoisotopic (exact) mass is 532 g/mol. The van der Waals surface area contributed by atoms with E-state index in [1.54, 1.807) is 12.0 Å². The Balaban J connectivity index is 1.47. The molecule has 10 nitrogen and oxygen atoms in total. The number of amides is 2. The summed E-state index contributed by atoms with van der Waals surface area (Å²) in [4.78, 5) is 38.2. The summed E-state index contributed by atoms with van der Waals surface area (Å²) in [5.41, 5.74) is 3.62. The van der Waals surface area contributed by atoms with E-state index in [-0.39, 0.29) is 11.9 Å². The lowest BCUT2D eigenvalue weighted by molar-refractivity contribution is 0.0315. The van der Waals surface area contributed by atoms with Crippen LogP contribution in [-0.2, 0) is 13.6 Å². The maximum absolute atomic E-state index is 13.6. The van der Waals surface area contributed by atoms with Crippen molar-refractivity contribution in [2.24, 2.45) is 7.05 Å². The summed E-state index contributed by atoms with van der Waals surface area (Å²) >= 11 is 0. The van der Waals surface area contributed by atoms with Crippen molar-refractivity contribution >= 4 is 33.9 Å². The molecule has 39 heavy (non-hydrogen) atoms. The minimum absolute atomic E-state index is 0.103. The van der Waals surface area contributed by atoms with Crippen LogP contribution in [0, 0.1) is 0 Å². The van der Waals surface area contributed by atoms with Crippen LogP contribution in [0.25, 0.3) is 33.5 Å². The average molecular weight is 533 g/mol. The number of carbonyl (C=O) groups is 2. The van der Waals surface area contributed by atoms with E-state index in [0.717, 1.165) is 52.8 Å². The number of aryl methyl sites for hydroxylation is 2. The number of rotatable bonds is 5. The number of pyridine rings is 1. The number of imidazole rings is 1. The Bertz CT molecular complexity index is 1560. The molecule has 1 saturated heterocycles. The first-order valence-corrected chi connectivity index (χ1v) is 13.3. The fourth-order valence-electron chi connectivity index (χ4n) is 5.86. The largest absolute Gasteiger partial charge is 0.481 e. The Kier molecular flexibility index (Phi) is 6.74. The van der Waals surface area contributed by atoms with Gasteiger partial charge in [-0.2, -0.15) is 0 Å². The summed E-state index contributed by atoms with van der Waals surface area (Å²) < 4.78 is 9.52. The van der Waals surface area contributed by atoms with Crippen LogP contribution >= 0.6 is 0 Å². The van der Waals surface area contributed by atoms with Gasteiger partial charge in [-0.25, -0.2) is 14.8 Å². The molecule has 2 amide bonds. The van der Waals surface area contributed by atoms with Crippen LogP contribution in [0.5, 0.6) is 5.88 Å². The van der Waals surface area contributed by atoms with E-state index < -0.39 is 11.6 Å². The average Bonchev–Trinajstić information content (AvgIpc) is 3.43. The highest BCUT2D eigenvalue weighted by Crippen LogP contribution is 2.32. The highest BCUT2D eigenvalue weighted by molar-refractivity contribution is 5.98. The molecule has 0 saturated carbocycles. The van der Waals surface area contributed by atoms with Crippen LogP contribution in [0.4, 0.5) is 4.79 Å². The first-order valence-electron chi connectivity index (χ1n) is 13.3.